The number of ether oxygens (including phenoxy) is 1. The number of thiophene rings is 1. The van der Waals surface area contributed by atoms with Gasteiger partial charge in [0.05, 0.1) is 6.61 Å². The fourth-order valence-electron chi connectivity index (χ4n) is 1.35. The van der Waals surface area contributed by atoms with Gasteiger partial charge in [0.15, 0.2) is 11.6 Å². The van der Waals surface area contributed by atoms with Crippen molar-refractivity contribution in [2.24, 2.45) is 0 Å². The van der Waals surface area contributed by atoms with Crippen LogP contribution in [0.3, 0.4) is 0 Å². The highest BCUT2D eigenvalue weighted by Gasteiger charge is 2.11. The summed E-state index contributed by atoms with van der Waals surface area (Å²) in [6.07, 6.45) is 0.678. The zero-order valence-corrected chi connectivity index (χ0v) is 11.2. The van der Waals surface area contributed by atoms with E-state index in [0.29, 0.717) is 17.5 Å². The lowest BCUT2D eigenvalue weighted by atomic mass is 10.2. The molecule has 0 spiro atoms. The quantitative estimate of drug-likeness (QED) is 0.759. The van der Waals surface area contributed by atoms with Gasteiger partial charge in [-0.05, 0) is 34.5 Å². The van der Waals surface area contributed by atoms with Crippen LogP contribution < -0.4 is 4.74 Å². The lowest BCUT2D eigenvalue weighted by Crippen LogP contribution is -2.03. The standard InChI is InChI=1S/C12H9BrF2OS/c13-9-5-10(14)12(15)11(6-9)16-3-1-8-2-4-17-7-8/h2,4-7H,1,3H2. The van der Waals surface area contributed by atoms with Crippen LogP contribution in [0, 0.1) is 11.6 Å². The Morgan fingerprint density at radius 2 is 2.12 bits per heavy atom. The third kappa shape index (κ3) is 3.26. The van der Waals surface area contributed by atoms with E-state index in [9.17, 15) is 8.78 Å². The van der Waals surface area contributed by atoms with Crippen molar-refractivity contribution in [3.8, 4) is 5.75 Å². The van der Waals surface area contributed by atoms with Gasteiger partial charge < -0.3 is 4.74 Å². The molecule has 0 radical (unpaired) electrons. The Hall–Kier alpha value is -0.940. The van der Waals surface area contributed by atoms with Gasteiger partial charge in [0.1, 0.15) is 0 Å². The second-order valence-electron chi connectivity index (χ2n) is 3.43. The highest BCUT2D eigenvalue weighted by atomic mass is 79.9. The first-order valence-corrected chi connectivity index (χ1v) is 6.69. The average Bonchev–Trinajstić information content (AvgIpc) is 2.78. The molecule has 17 heavy (non-hydrogen) atoms. The average molecular weight is 319 g/mol. The number of benzene rings is 1. The van der Waals surface area contributed by atoms with E-state index in [1.807, 2.05) is 16.8 Å². The maximum atomic E-state index is 13.3. The van der Waals surface area contributed by atoms with Crippen LogP contribution in [-0.2, 0) is 6.42 Å². The van der Waals surface area contributed by atoms with Gasteiger partial charge in [-0.25, -0.2) is 4.39 Å². The van der Waals surface area contributed by atoms with E-state index in [2.05, 4.69) is 15.9 Å². The molecule has 1 nitrogen and oxygen atoms in total. The van der Waals surface area contributed by atoms with E-state index in [0.717, 1.165) is 11.6 Å². The van der Waals surface area contributed by atoms with E-state index in [4.69, 9.17) is 4.74 Å². The normalized spacial score (nSPS) is 10.5. The molecule has 0 aliphatic rings. The molecule has 0 aliphatic heterocycles. The first-order valence-electron chi connectivity index (χ1n) is 4.95. The second kappa shape index (κ2) is 5.60. The largest absolute Gasteiger partial charge is 0.490 e. The molecular weight excluding hydrogens is 310 g/mol. The Morgan fingerprint density at radius 1 is 1.29 bits per heavy atom. The molecule has 0 N–H and O–H groups in total. The summed E-state index contributed by atoms with van der Waals surface area (Å²) < 4.78 is 32.1. The maximum Gasteiger partial charge on any atom is 0.200 e. The smallest absolute Gasteiger partial charge is 0.200 e. The van der Waals surface area contributed by atoms with Gasteiger partial charge in [-0.2, -0.15) is 15.7 Å². The zero-order valence-electron chi connectivity index (χ0n) is 8.75. The first-order chi connectivity index (χ1) is 8.16. The molecule has 0 aliphatic carbocycles. The monoisotopic (exact) mass is 318 g/mol. The summed E-state index contributed by atoms with van der Waals surface area (Å²) in [4.78, 5) is 0. The fourth-order valence-corrected chi connectivity index (χ4v) is 2.46. The summed E-state index contributed by atoms with van der Waals surface area (Å²) in [5.74, 6) is -1.92. The summed E-state index contributed by atoms with van der Waals surface area (Å²) in [6, 6.07) is 4.47. The molecule has 0 amide bonds. The van der Waals surface area contributed by atoms with Crippen LogP contribution in [0.4, 0.5) is 8.78 Å². The molecule has 1 heterocycles. The summed E-state index contributed by atoms with van der Waals surface area (Å²) in [7, 11) is 0. The van der Waals surface area contributed by atoms with Crippen LogP contribution in [-0.4, -0.2) is 6.61 Å². The highest BCUT2D eigenvalue weighted by Crippen LogP contribution is 2.25. The lowest BCUT2D eigenvalue weighted by Gasteiger charge is -2.07. The number of hydrogen-bond acceptors (Lipinski definition) is 2. The number of halogens is 3. The summed E-state index contributed by atoms with van der Waals surface area (Å²) in [5.41, 5.74) is 1.13. The molecule has 2 rings (SSSR count). The molecule has 0 atom stereocenters. The van der Waals surface area contributed by atoms with Crippen LogP contribution in [0.5, 0.6) is 5.75 Å². The van der Waals surface area contributed by atoms with Crippen LogP contribution in [0.2, 0.25) is 0 Å². The minimum absolute atomic E-state index is 0.0629. The van der Waals surface area contributed by atoms with Crippen LogP contribution in [0.1, 0.15) is 5.56 Å². The number of hydrogen-bond donors (Lipinski definition) is 0. The van der Waals surface area contributed by atoms with Crippen molar-refractivity contribution in [3.05, 3.63) is 50.6 Å². The molecule has 2 aromatic rings. The Bertz CT molecular complexity index is 499. The number of rotatable bonds is 4. The van der Waals surface area contributed by atoms with Gasteiger partial charge in [-0.15, -0.1) is 0 Å². The molecule has 0 saturated carbocycles. The molecule has 0 unspecified atom stereocenters. The predicted molar refractivity (Wildman–Crippen MR) is 67.6 cm³/mol. The summed E-state index contributed by atoms with van der Waals surface area (Å²) >= 11 is 4.69. The Kier molecular flexibility index (Phi) is 4.12. The van der Waals surface area contributed by atoms with Crippen molar-refractivity contribution < 1.29 is 13.5 Å². The van der Waals surface area contributed by atoms with Crippen LogP contribution in [0.15, 0.2) is 33.4 Å². The molecular formula is C12H9BrF2OS. The van der Waals surface area contributed by atoms with Gasteiger partial charge in [-0.3, -0.25) is 0 Å². The molecule has 90 valence electrons. The fraction of sp³-hybridized carbons (Fsp3) is 0.167. The minimum Gasteiger partial charge on any atom is -0.490 e. The second-order valence-corrected chi connectivity index (χ2v) is 5.13. The van der Waals surface area contributed by atoms with Gasteiger partial charge in [-0.1, -0.05) is 15.9 Å². The van der Waals surface area contributed by atoms with Crippen molar-refractivity contribution in [1.82, 2.24) is 0 Å². The van der Waals surface area contributed by atoms with E-state index in [-0.39, 0.29) is 5.75 Å². The van der Waals surface area contributed by atoms with E-state index in [1.54, 1.807) is 11.3 Å². The first kappa shape index (κ1) is 12.5. The van der Waals surface area contributed by atoms with Crippen molar-refractivity contribution >= 4 is 27.3 Å². The molecule has 0 fully saturated rings. The molecule has 5 heteroatoms. The molecule has 1 aromatic carbocycles. The summed E-state index contributed by atoms with van der Waals surface area (Å²) in [6.45, 7) is 0.323. The van der Waals surface area contributed by atoms with Gasteiger partial charge in [0, 0.05) is 10.9 Å². The van der Waals surface area contributed by atoms with Gasteiger partial charge in [0.2, 0.25) is 5.82 Å². The van der Waals surface area contributed by atoms with Crippen molar-refractivity contribution in [2.75, 3.05) is 6.61 Å². The SMILES string of the molecule is Fc1cc(Br)cc(OCCc2ccsc2)c1F. The van der Waals surface area contributed by atoms with Crippen LogP contribution >= 0.6 is 27.3 Å². The molecule has 0 bridgehead atoms. The van der Waals surface area contributed by atoms with E-state index >= 15 is 0 Å². The van der Waals surface area contributed by atoms with Crippen molar-refractivity contribution in [1.29, 1.82) is 0 Å². The zero-order chi connectivity index (χ0) is 12.3. The Balaban J connectivity index is 1.99. The molecule has 0 saturated heterocycles. The van der Waals surface area contributed by atoms with E-state index < -0.39 is 11.6 Å². The third-order valence-electron chi connectivity index (χ3n) is 2.19. The highest BCUT2D eigenvalue weighted by molar-refractivity contribution is 9.10. The molecule has 1 aromatic heterocycles. The minimum atomic E-state index is -0.946. The van der Waals surface area contributed by atoms with Crippen molar-refractivity contribution in [3.63, 3.8) is 0 Å². The van der Waals surface area contributed by atoms with Crippen molar-refractivity contribution in [2.45, 2.75) is 6.42 Å². The van der Waals surface area contributed by atoms with Gasteiger partial charge in [0.25, 0.3) is 0 Å². The third-order valence-corrected chi connectivity index (χ3v) is 3.38. The predicted octanol–water partition coefficient (Wildman–Crippen LogP) is 4.41. The Labute approximate surface area is 110 Å². The van der Waals surface area contributed by atoms with Crippen LogP contribution in [0.25, 0.3) is 0 Å². The Morgan fingerprint density at radius 3 is 2.82 bits per heavy atom. The maximum absolute atomic E-state index is 13.3. The lowest BCUT2D eigenvalue weighted by molar-refractivity contribution is 0.299. The van der Waals surface area contributed by atoms with E-state index in [1.165, 1.54) is 6.07 Å². The topological polar surface area (TPSA) is 9.23 Å². The van der Waals surface area contributed by atoms with Gasteiger partial charge >= 0.3 is 0 Å². The summed E-state index contributed by atoms with van der Waals surface area (Å²) in [5, 5.41) is 3.97.